The highest BCUT2D eigenvalue weighted by Gasteiger charge is 2.21. The predicted octanol–water partition coefficient (Wildman–Crippen LogP) is 2.76. The zero-order valence-electron chi connectivity index (χ0n) is 10.3. The summed E-state index contributed by atoms with van der Waals surface area (Å²) in [5.74, 6) is -2.02. The van der Waals surface area contributed by atoms with Gasteiger partial charge < -0.3 is 14.6 Å². The van der Waals surface area contributed by atoms with Crippen LogP contribution in [0.5, 0.6) is 11.5 Å². The SMILES string of the molecule is COc1cc(CC(C)C(=O)O)c(F)c(Cl)c1OC. The first-order valence-electron chi connectivity index (χ1n) is 5.24. The van der Waals surface area contributed by atoms with Gasteiger partial charge in [-0.2, -0.15) is 0 Å². The van der Waals surface area contributed by atoms with Crippen molar-refractivity contribution in [3.63, 3.8) is 0 Å². The highest BCUT2D eigenvalue weighted by Crippen LogP contribution is 2.39. The van der Waals surface area contributed by atoms with E-state index in [1.165, 1.54) is 27.2 Å². The van der Waals surface area contributed by atoms with Gasteiger partial charge in [-0.05, 0) is 18.1 Å². The fourth-order valence-corrected chi connectivity index (χ4v) is 1.84. The van der Waals surface area contributed by atoms with Crippen LogP contribution < -0.4 is 9.47 Å². The first-order valence-corrected chi connectivity index (χ1v) is 5.61. The van der Waals surface area contributed by atoms with Crippen LogP contribution in [0, 0.1) is 11.7 Å². The van der Waals surface area contributed by atoms with Crippen LogP contribution in [0.1, 0.15) is 12.5 Å². The molecule has 1 N–H and O–H groups in total. The molecule has 1 aromatic carbocycles. The van der Waals surface area contributed by atoms with Crippen molar-refractivity contribution >= 4 is 17.6 Å². The number of hydrogen-bond acceptors (Lipinski definition) is 3. The number of halogens is 2. The zero-order valence-corrected chi connectivity index (χ0v) is 11.0. The van der Waals surface area contributed by atoms with Crippen LogP contribution >= 0.6 is 11.6 Å². The lowest BCUT2D eigenvalue weighted by Crippen LogP contribution is -2.13. The number of hydrogen-bond donors (Lipinski definition) is 1. The van der Waals surface area contributed by atoms with Gasteiger partial charge in [-0.3, -0.25) is 4.79 Å². The summed E-state index contributed by atoms with van der Waals surface area (Å²) in [5, 5.41) is 8.62. The van der Waals surface area contributed by atoms with Crippen molar-refractivity contribution in [3.8, 4) is 11.5 Å². The van der Waals surface area contributed by atoms with E-state index in [1.54, 1.807) is 0 Å². The number of rotatable bonds is 5. The summed E-state index contributed by atoms with van der Waals surface area (Å²) >= 11 is 5.82. The fourth-order valence-electron chi connectivity index (χ4n) is 1.54. The molecule has 0 amide bonds. The summed E-state index contributed by atoms with van der Waals surface area (Å²) in [6.45, 7) is 1.49. The fraction of sp³-hybridized carbons (Fsp3) is 0.417. The van der Waals surface area contributed by atoms with E-state index in [0.29, 0.717) is 0 Å². The van der Waals surface area contributed by atoms with Crippen LogP contribution in [0.4, 0.5) is 4.39 Å². The standard InChI is InChI=1S/C12H14ClFO4/c1-6(12(15)16)4-7-5-8(17-2)11(18-3)9(13)10(7)14/h5-6H,4H2,1-3H3,(H,15,16). The second-order valence-electron chi connectivity index (χ2n) is 3.84. The van der Waals surface area contributed by atoms with E-state index in [0.717, 1.165) is 0 Å². The molecular formula is C12H14ClFO4. The number of carbonyl (C=O) groups is 1. The molecule has 1 rings (SSSR count). The van der Waals surface area contributed by atoms with E-state index < -0.39 is 17.7 Å². The Morgan fingerprint density at radius 3 is 2.56 bits per heavy atom. The Balaban J connectivity index is 3.21. The van der Waals surface area contributed by atoms with E-state index >= 15 is 0 Å². The minimum Gasteiger partial charge on any atom is -0.493 e. The van der Waals surface area contributed by atoms with Gasteiger partial charge in [0, 0.05) is 0 Å². The molecule has 1 aromatic rings. The lowest BCUT2D eigenvalue weighted by molar-refractivity contribution is -0.141. The summed E-state index contributed by atoms with van der Waals surface area (Å²) < 4.78 is 23.9. The van der Waals surface area contributed by atoms with Crippen molar-refractivity contribution < 1.29 is 23.8 Å². The monoisotopic (exact) mass is 276 g/mol. The molecule has 0 spiro atoms. The summed E-state index contributed by atoms with van der Waals surface area (Å²) in [7, 11) is 2.75. The highest BCUT2D eigenvalue weighted by molar-refractivity contribution is 6.32. The van der Waals surface area contributed by atoms with E-state index in [4.69, 9.17) is 26.2 Å². The maximum absolute atomic E-state index is 13.9. The quantitative estimate of drug-likeness (QED) is 0.898. The molecule has 1 unspecified atom stereocenters. The molecular weight excluding hydrogens is 263 g/mol. The Morgan fingerprint density at radius 1 is 1.50 bits per heavy atom. The summed E-state index contributed by atoms with van der Waals surface area (Å²) in [6, 6.07) is 1.40. The Morgan fingerprint density at radius 2 is 2.11 bits per heavy atom. The Hall–Kier alpha value is -1.49. The molecule has 0 aliphatic carbocycles. The van der Waals surface area contributed by atoms with E-state index in [9.17, 15) is 9.18 Å². The van der Waals surface area contributed by atoms with Gasteiger partial charge in [0.05, 0.1) is 20.1 Å². The molecule has 0 aromatic heterocycles. The molecule has 0 saturated heterocycles. The van der Waals surface area contributed by atoms with Gasteiger partial charge >= 0.3 is 5.97 Å². The van der Waals surface area contributed by atoms with Crippen molar-refractivity contribution in [2.75, 3.05) is 14.2 Å². The minimum atomic E-state index is -1.000. The van der Waals surface area contributed by atoms with Crippen LogP contribution in [0.2, 0.25) is 5.02 Å². The third-order valence-corrected chi connectivity index (χ3v) is 2.91. The molecule has 0 aliphatic heterocycles. The third-order valence-electron chi connectivity index (χ3n) is 2.57. The number of carboxylic acids is 1. The van der Waals surface area contributed by atoms with Crippen molar-refractivity contribution in [2.24, 2.45) is 5.92 Å². The van der Waals surface area contributed by atoms with Gasteiger partial charge in [-0.1, -0.05) is 18.5 Å². The van der Waals surface area contributed by atoms with E-state index in [1.807, 2.05) is 0 Å². The van der Waals surface area contributed by atoms with E-state index in [2.05, 4.69) is 0 Å². The molecule has 18 heavy (non-hydrogen) atoms. The van der Waals surface area contributed by atoms with Gasteiger partial charge in [0.2, 0.25) is 0 Å². The molecule has 0 saturated carbocycles. The van der Waals surface area contributed by atoms with Crippen molar-refractivity contribution in [2.45, 2.75) is 13.3 Å². The van der Waals surface area contributed by atoms with E-state index in [-0.39, 0.29) is 28.5 Å². The maximum atomic E-state index is 13.9. The van der Waals surface area contributed by atoms with Gasteiger partial charge in [-0.15, -0.1) is 0 Å². The molecule has 0 bridgehead atoms. The Kier molecular flexibility index (Phi) is 4.78. The second kappa shape index (κ2) is 5.91. The van der Waals surface area contributed by atoms with Crippen LogP contribution in [0.15, 0.2) is 6.07 Å². The number of methoxy groups -OCH3 is 2. The van der Waals surface area contributed by atoms with Crippen LogP contribution in [-0.2, 0) is 11.2 Å². The van der Waals surface area contributed by atoms with Crippen molar-refractivity contribution in [1.82, 2.24) is 0 Å². The summed E-state index contributed by atoms with van der Waals surface area (Å²) in [4.78, 5) is 10.8. The number of aliphatic carboxylic acids is 1. The molecule has 0 heterocycles. The van der Waals surface area contributed by atoms with Crippen molar-refractivity contribution in [1.29, 1.82) is 0 Å². The van der Waals surface area contributed by atoms with Crippen molar-refractivity contribution in [3.05, 3.63) is 22.5 Å². The topological polar surface area (TPSA) is 55.8 Å². The van der Waals surface area contributed by atoms with Crippen LogP contribution in [0.3, 0.4) is 0 Å². The van der Waals surface area contributed by atoms with Gasteiger partial charge in [0.1, 0.15) is 10.8 Å². The normalized spacial score (nSPS) is 12.1. The highest BCUT2D eigenvalue weighted by atomic mass is 35.5. The Labute approximate surface area is 109 Å². The number of benzene rings is 1. The number of ether oxygens (including phenoxy) is 2. The molecule has 6 heteroatoms. The largest absolute Gasteiger partial charge is 0.493 e. The van der Waals surface area contributed by atoms with Gasteiger partial charge in [-0.25, -0.2) is 4.39 Å². The summed E-state index contributed by atoms with van der Waals surface area (Å²) in [5.41, 5.74) is 0.188. The zero-order chi connectivity index (χ0) is 13.9. The molecule has 4 nitrogen and oxygen atoms in total. The molecule has 1 atom stereocenters. The smallest absolute Gasteiger partial charge is 0.306 e. The van der Waals surface area contributed by atoms with Crippen LogP contribution in [-0.4, -0.2) is 25.3 Å². The average Bonchev–Trinajstić information content (AvgIpc) is 2.34. The lowest BCUT2D eigenvalue weighted by Gasteiger charge is -2.14. The first-order chi connectivity index (χ1) is 8.42. The maximum Gasteiger partial charge on any atom is 0.306 e. The minimum absolute atomic E-state index is 0.0290. The number of carboxylic acid groups (broad SMARTS) is 1. The predicted molar refractivity (Wildman–Crippen MR) is 65.0 cm³/mol. The van der Waals surface area contributed by atoms with Gasteiger partial charge in [0.15, 0.2) is 11.5 Å². The molecule has 0 aliphatic rings. The molecule has 0 fully saturated rings. The third kappa shape index (κ3) is 2.85. The summed E-state index contributed by atoms with van der Waals surface area (Å²) in [6.07, 6.45) is 0.0290. The first kappa shape index (κ1) is 14.6. The molecule has 100 valence electrons. The van der Waals surface area contributed by atoms with Gasteiger partial charge in [0.25, 0.3) is 0 Å². The van der Waals surface area contributed by atoms with Crippen LogP contribution in [0.25, 0.3) is 0 Å². The second-order valence-corrected chi connectivity index (χ2v) is 4.22. The molecule has 0 radical (unpaired) electrons. The lowest BCUT2D eigenvalue weighted by atomic mass is 10.0. The Bertz CT molecular complexity index is 462. The average molecular weight is 277 g/mol.